The van der Waals surface area contributed by atoms with Gasteiger partial charge in [-0.3, -0.25) is 4.79 Å². The molecule has 0 aliphatic heterocycles. The van der Waals surface area contributed by atoms with Gasteiger partial charge in [0, 0.05) is 5.56 Å². The van der Waals surface area contributed by atoms with Crippen molar-refractivity contribution >= 4 is 5.91 Å². The second kappa shape index (κ2) is 8.87. The maximum Gasteiger partial charge on any atom is 0.252 e. The van der Waals surface area contributed by atoms with Crippen LogP contribution in [0.2, 0.25) is 0 Å². The summed E-state index contributed by atoms with van der Waals surface area (Å²) >= 11 is 0. The van der Waals surface area contributed by atoms with Crippen molar-refractivity contribution < 1.29 is 14.3 Å². The van der Waals surface area contributed by atoms with Gasteiger partial charge >= 0.3 is 0 Å². The third-order valence-electron chi connectivity index (χ3n) is 2.48. The third kappa shape index (κ3) is 4.85. The van der Waals surface area contributed by atoms with Gasteiger partial charge in [0.2, 0.25) is 0 Å². The van der Waals surface area contributed by atoms with Crippen molar-refractivity contribution in [1.82, 2.24) is 5.32 Å². The Labute approximate surface area is 120 Å². The summed E-state index contributed by atoms with van der Waals surface area (Å²) < 4.78 is 11.2. The molecule has 0 radical (unpaired) electrons. The lowest BCUT2D eigenvalue weighted by Crippen LogP contribution is -2.23. The van der Waals surface area contributed by atoms with Crippen molar-refractivity contribution in [2.24, 2.45) is 0 Å². The Bertz CT molecular complexity index is 477. The van der Waals surface area contributed by atoms with E-state index in [2.05, 4.69) is 11.2 Å². The standard InChI is InChI=1S/C16H21NO3/c1-4-9-17-16(18)13-7-8-14(19-10-5-2)15(12-13)20-11-6-3/h1,7-8,12H,5-6,9-11H2,2-3H3,(H,17,18). The Kier molecular flexibility index (Phi) is 7.05. The van der Waals surface area contributed by atoms with E-state index < -0.39 is 0 Å². The maximum atomic E-state index is 11.9. The van der Waals surface area contributed by atoms with Gasteiger partial charge in [-0.1, -0.05) is 19.8 Å². The van der Waals surface area contributed by atoms with Crippen LogP contribution < -0.4 is 14.8 Å². The number of rotatable bonds is 8. The lowest BCUT2D eigenvalue weighted by atomic mass is 10.2. The fraction of sp³-hybridized carbons (Fsp3) is 0.438. The Morgan fingerprint density at radius 1 is 1.20 bits per heavy atom. The monoisotopic (exact) mass is 275 g/mol. The molecule has 4 heteroatoms. The van der Waals surface area contributed by atoms with Crippen LogP contribution in [0, 0.1) is 12.3 Å². The predicted molar refractivity (Wildman–Crippen MR) is 79.2 cm³/mol. The number of carbonyl (C=O) groups excluding carboxylic acids is 1. The molecule has 0 saturated heterocycles. The largest absolute Gasteiger partial charge is 0.490 e. The normalized spacial score (nSPS) is 9.65. The molecule has 0 atom stereocenters. The Morgan fingerprint density at radius 3 is 2.45 bits per heavy atom. The van der Waals surface area contributed by atoms with Crippen LogP contribution in [0.4, 0.5) is 0 Å². The van der Waals surface area contributed by atoms with Crippen molar-refractivity contribution in [3.05, 3.63) is 23.8 Å². The number of terminal acetylenes is 1. The van der Waals surface area contributed by atoms with E-state index >= 15 is 0 Å². The molecule has 1 N–H and O–H groups in total. The average molecular weight is 275 g/mol. The molecule has 0 bridgehead atoms. The topological polar surface area (TPSA) is 47.6 Å². The first-order valence-corrected chi connectivity index (χ1v) is 6.84. The van der Waals surface area contributed by atoms with Crippen molar-refractivity contribution in [1.29, 1.82) is 0 Å². The van der Waals surface area contributed by atoms with Crippen LogP contribution in [-0.4, -0.2) is 25.7 Å². The Balaban J connectivity index is 2.88. The molecular formula is C16H21NO3. The SMILES string of the molecule is C#CCNC(=O)c1ccc(OCCC)c(OCCC)c1. The predicted octanol–water partition coefficient (Wildman–Crippen LogP) is 2.63. The lowest BCUT2D eigenvalue weighted by molar-refractivity contribution is 0.0958. The van der Waals surface area contributed by atoms with E-state index in [0.29, 0.717) is 30.3 Å². The second-order valence-corrected chi connectivity index (χ2v) is 4.25. The second-order valence-electron chi connectivity index (χ2n) is 4.25. The molecule has 0 heterocycles. The van der Waals surface area contributed by atoms with Gasteiger partial charge in [-0.05, 0) is 31.0 Å². The molecule has 108 valence electrons. The van der Waals surface area contributed by atoms with Crippen molar-refractivity contribution in [2.75, 3.05) is 19.8 Å². The highest BCUT2D eigenvalue weighted by Crippen LogP contribution is 2.28. The zero-order valence-corrected chi connectivity index (χ0v) is 12.1. The number of carbonyl (C=O) groups is 1. The van der Waals surface area contributed by atoms with Crippen LogP contribution in [0.3, 0.4) is 0 Å². The zero-order valence-electron chi connectivity index (χ0n) is 12.1. The zero-order chi connectivity index (χ0) is 14.8. The Morgan fingerprint density at radius 2 is 1.85 bits per heavy atom. The molecule has 0 aliphatic rings. The van der Waals surface area contributed by atoms with Gasteiger partial charge in [-0.2, -0.15) is 0 Å². The molecular weight excluding hydrogens is 254 g/mol. The van der Waals surface area contributed by atoms with Gasteiger partial charge in [-0.25, -0.2) is 0 Å². The van der Waals surface area contributed by atoms with Gasteiger partial charge in [0.1, 0.15) is 0 Å². The van der Waals surface area contributed by atoms with Gasteiger partial charge in [0.15, 0.2) is 11.5 Å². The quantitative estimate of drug-likeness (QED) is 0.742. The maximum absolute atomic E-state index is 11.9. The molecule has 20 heavy (non-hydrogen) atoms. The van der Waals surface area contributed by atoms with E-state index in [1.807, 2.05) is 13.8 Å². The minimum absolute atomic E-state index is 0.206. The first-order valence-electron chi connectivity index (χ1n) is 6.84. The molecule has 1 amide bonds. The average Bonchev–Trinajstić information content (AvgIpc) is 2.48. The first-order chi connectivity index (χ1) is 9.72. The summed E-state index contributed by atoms with van der Waals surface area (Å²) in [5.41, 5.74) is 0.509. The molecule has 1 rings (SSSR count). The van der Waals surface area contributed by atoms with Crippen LogP contribution in [0.1, 0.15) is 37.0 Å². The molecule has 0 aliphatic carbocycles. The molecule has 0 saturated carbocycles. The highest BCUT2D eigenvalue weighted by Gasteiger charge is 2.11. The highest BCUT2D eigenvalue weighted by atomic mass is 16.5. The van der Waals surface area contributed by atoms with Crippen LogP contribution in [-0.2, 0) is 0 Å². The number of nitrogens with one attached hydrogen (secondary N) is 1. The van der Waals surface area contributed by atoms with Crippen LogP contribution >= 0.6 is 0 Å². The summed E-state index contributed by atoms with van der Waals surface area (Å²) in [6, 6.07) is 5.15. The fourth-order valence-electron chi connectivity index (χ4n) is 1.54. The minimum atomic E-state index is -0.216. The van der Waals surface area contributed by atoms with Crippen LogP contribution in [0.15, 0.2) is 18.2 Å². The van der Waals surface area contributed by atoms with E-state index in [0.717, 1.165) is 12.8 Å². The van der Waals surface area contributed by atoms with E-state index in [4.69, 9.17) is 15.9 Å². The van der Waals surface area contributed by atoms with E-state index in [1.165, 1.54) is 0 Å². The van der Waals surface area contributed by atoms with Crippen LogP contribution in [0.5, 0.6) is 11.5 Å². The van der Waals surface area contributed by atoms with Crippen molar-refractivity contribution in [3.8, 4) is 23.8 Å². The number of hydrogen-bond donors (Lipinski definition) is 1. The van der Waals surface area contributed by atoms with Crippen molar-refractivity contribution in [3.63, 3.8) is 0 Å². The number of amides is 1. The number of benzene rings is 1. The van der Waals surface area contributed by atoms with Gasteiger partial charge in [0.25, 0.3) is 5.91 Å². The summed E-state index contributed by atoms with van der Waals surface area (Å²) in [6.07, 6.45) is 6.92. The van der Waals surface area contributed by atoms with Gasteiger partial charge in [0.05, 0.1) is 19.8 Å². The fourth-order valence-corrected chi connectivity index (χ4v) is 1.54. The minimum Gasteiger partial charge on any atom is -0.490 e. The molecule has 0 fully saturated rings. The summed E-state index contributed by atoms with van der Waals surface area (Å²) in [7, 11) is 0. The molecule has 0 aromatic heterocycles. The Hall–Kier alpha value is -2.15. The molecule has 4 nitrogen and oxygen atoms in total. The number of hydrogen-bond acceptors (Lipinski definition) is 3. The summed E-state index contributed by atoms with van der Waals surface area (Å²) in [6.45, 7) is 5.46. The van der Waals surface area contributed by atoms with Gasteiger partial charge < -0.3 is 14.8 Å². The molecule has 0 spiro atoms. The summed E-state index contributed by atoms with van der Waals surface area (Å²) in [5.74, 6) is 3.40. The molecule has 1 aromatic rings. The van der Waals surface area contributed by atoms with Crippen LogP contribution in [0.25, 0.3) is 0 Å². The van der Waals surface area contributed by atoms with Crippen molar-refractivity contribution in [2.45, 2.75) is 26.7 Å². The first kappa shape index (κ1) is 15.9. The van der Waals surface area contributed by atoms with E-state index in [9.17, 15) is 4.79 Å². The molecule has 0 unspecified atom stereocenters. The highest BCUT2D eigenvalue weighted by molar-refractivity contribution is 5.95. The molecule has 1 aromatic carbocycles. The third-order valence-corrected chi connectivity index (χ3v) is 2.48. The lowest BCUT2D eigenvalue weighted by Gasteiger charge is -2.13. The summed E-state index contributed by atoms with van der Waals surface area (Å²) in [5, 5.41) is 2.62. The summed E-state index contributed by atoms with van der Waals surface area (Å²) in [4.78, 5) is 11.9. The van der Waals surface area contributed by atoms with Gasteiger partial charge in [-0.15, -0.1) is 6.42 Å². The van der Waals surface area contributed by atoms with E-state index in [1.54, 1.807) is 18.2 Å². The number of ether oxygens (including phenoxy) is 2. The van der Waals surface area contributed by atoms with E-state index in [-0.39, 0.29) is 12.5 Å². The smallest absolute Gasteiger partial charge is 0.252 e.